The van der Waals surface area contributed by atoms with E-state index in [0.29, 0.717) is 0 Å². The lowest BCUT2D eigenvalue weighted by Gasteiger charge is -2.08. The summed E-state index contributed by atoms with van der Waals surface area (Å²) in [5, 5.41) is 0. The maximum absolute atomic E-state index is 10.7. The molecule has 1 unspecified atom stereocenters. The molecule has 9 heteroatoms. The Hall–Kier alpha value is -0.930. The first-order valence-electron chi connectivity index (χ1n) is 5.11. The average molecular weight is 288 g/mol. The van der Waals surface area contributed by atoms with Gasteiger partial charge in [-0.2, -0.15) is 13.2 Å². The van der Waals surface area contributed by atoms with Gasteiger partial charge in [-0.25, -0.2) is 13.4 Å². The van der Waals surface area contributed by atoms with Crippen molar-refractivity contribution in [2.45, 2.75) is 32.7 Å². The molecule has 1 atom stereocenters. The van der Waals surface area contributed by atoms with Crippen molar-refractivity contribution < 1.29 is 31.0 Å². The number of alkyl halides is 3. The van der Waals surface area contributed by atoms with Crippen LogP contribution in [0.5, 0.6) is 0 Å². The highest BCUT2D eigenvalue weighted by Crippen LogP contribution is 2.20. The number of nitrogens with one attached hydrogen (secondary N) is 1. The number of allylic oxidation sites excluding steroid dienone is 1. The van der Waals surface area contributed by atoms with E-state index in [-0.39, 0.29) is 0 Å². The zero-order valence-corrected chi connectivity index (χ0v) is 11.0. The van der Waals surface area contributed by atoms with Crippen molar-refractivity contribution in [1.29, 1.82) is 0 Å². The van der Waals surface area contributed by atoms with Gasteiger partial charge >= 0.3 is 5.51 Å². The molecule has 106 valence electrons. The minimum atomic E-state index is -6.09. The molecule has 0 amide bonds. The van der Waals surface area contributed by atoms with Crippen LogP contribution in [0.2, 0.25) is 0 Å². The van der Waals surface area contributed by atoms with Gasteiger partial charge < -0.3 is 4.55 Å². The predicted octanol–water partition coefficient (Wildman–Crippen LogP) is 0.626. The van der Waals surface area contributed by atoms with Crippen molar-refractivity contribution in [1.82, 2.24) is 0 Å². The van der Waals surface area contributed by atoms with Gasteiger partial charge in [0.25, 0.3) is 0 Å². The first kappa shape index (κ1) is 17.1. The van der Waals surface area contributed by atoms with Gasteiger partial charge in [0, 0.05) is 6.92 Å². The molecule has 0 radical (unpaired) electrons. The van der Waals surface area contributed by atoms with Crippen molar-refractivity contribution in [2.75, 3.05) is 6.54 Å². The van der Waals surface area contributed by atoms with Gasteiger partial charge in [0.2, 0.25) is 5.84 Å². The first-order valence-corrected chi connectivity index (χ1v) is 6.51. The van der Waals surface area contributed by atoms with Crippen molar-refractivity contribution in [3.8, 4) is 0 Å². The Balaban J connectivity index is 0.000000331. The van der Waals surface area contributed by atoms with Crippen LogP contribution in [0.25, 0.3) is 0 Å². The molecule has 0 fully saturated rings. The topological polar surface area (TPSA) is 74.0 Å². The minimum absolute atomic E-state index is 1.15. The fourth-order valence-electron chi connectivity index (χ4n) is 1.25. The summed E-state index contributed by atoms with van der Waals surface area (Å²) in [5.74, 6) is 1.21. The van der Waals surface area contributed by atoms with E-state index in [4.69, 9.17) is 13.0 Å². The van der Waals surface area contributed by atoms with Gasteiger partial charge in [-0.15, -0.1) is 0 Å². The number of aliphatic imine (C=N–C) groups is 1. The fourth-order valence-corrected chi connectivity index (χ4v) is 1.25. The summed E-state index contributed by atoms with van der Waals surface area (Å²) in [6.45, 7) is 7.50. The minimum Gasteiger partial charge on any atom is -0.741 e. The van der Waals surface area contributed by atoms with Crippen LogP contribution in [-0.2, 0) is 10.1 Å². The zero-order valence-electron chi connectivity index (χ0n) is 10.2. The summed E-state index contributed by atoms with van der Waals surface area (Å²) in [4.78, 5) is 5.75. The van der Waals surface area contributed by atoms with Crippen LogP contribution < -0.4 is 4.90 Å². The van der Waals surface area contributed by atoms with Gasteiger partial charge in [-0.05, 0) is 13.3 Å². The second-order valence-electron chi connectivity index (χ2n) is 3.66. The van der Waals surface area contributed by atoms with E-state index < -0.39 is 15.6 Å². The molecule has 0 aromatic rings. The van der Waals surface area contributed by atoms with Crippen molar-refractivity contribution in [3.63, 3.8) is 0 Å². The standard InChI is InChI=1S/C8H14N2.CHF3O3S/c1-4-5-10-6-7(2)9-8(10)3;2-1(3,4)8(5,6)7/h6H,4-5H2,1-3H3;(H,5,6,7). The zero-order chi connectivity index (χ0) is 14.6. The van der Waals surface area contributed by atoms with E-state index in [9.17, 15) is 13.2 Å². The molecule has 1 heterocycles. The quantitative estimate of drug-likeness (QED) is 0.598. The maximum atomic E-state index is 10.7. The van der Waals surface area contributed by atoms with Gasteiger partial charge in [0.1, 0.15) is 6.20 Å². The van der Waals surface area contributed by atoms with Crippen LogP contribution >= 0.6 is 0 Å². The van der Waals surface area contributed by atoms with Crippen molar-refractivity contribution in [2.24, 2.45) is 4.99 Å². The fraction of sp³-hybridized carbons (Fsp3) is 0.667. The number of halogens is 3. The van der Waals surface area contributed by atoms with Crippen LogP contribution in [0.15, 0.2) is 16.9 Å². The summed E-state index contributed by atoms with van der Waals surface area (Å²) in [5.41, 5.74) is -4.49. The Bertz CT molecular complexity index is 440. The second-order valence-corrected chi connectivity index (χ2v) is 5.03. The highest BCUT2D eigenvalue weighted by Gasteiger charge is 2.36. The van der Waals surface area contributed by atoms with Crippen molar-refractivity contribution in [3.05, 3.63) is 11.9 Å². The van der Waals surface area contributed by atoms with E-state index in [1.807, 2.05) is 6.92 Å². The summed E-state index contributed by atoms with van der Waals surface area (Å²) < 4.78 is 58.9. The lowest BCUT2D eigenvalue weighted by atomic mass is 10.4. The third-order valence-electron chi connectivity index (χ3n) is 1.99. The molecule has 1 aliphatic rings. The lowest BCUT2D eigenvalue weighted by molar-refractivity contribution is -0.745. The van der Waals surface area contributed by atoms with E-state index >= 15 is 0 Å². The summed E-state index contributed by atoms with van der Waals surface area (Å²) in [7, 11) is -6.09. The van der Waals surface area contributed by atoms with Gasteiger partial charge in [0.15, 0.2) is 10.1 Å². The van der Waals surface area contributed by atoms with Crippen molar-refractivity contribution >= 4 is 16.0 Å². The summed E-state index contributed by atoms with van der Waals surface area (Å²) in [6, 6.07) is 0. The molecule has 1 N–H and O–H groups in total. The van der Waals surface area contributed by atoms with E-state index in [1.165, 1.54) is 23.7 Å². The second kappa shape index (κ2) is 6.30. The molecule has 18 heavy (non-hydrogen) atoms. The largest absolute Gasteiger partial charge is 0.741 e. The van der Waals surface area contributed by atoms with Gasteiger partial charge in [0.05, 0.1) is 12.2 Å². The molecule has 5 nitrogen and oxygen atoms in total. The number of hydrogen-bond donors (Lipinski definition) is 1. The SMILES string of the molecule is CCC[NH+]1C=C(C)N=C1C.O=S(=O)([O-])C(F)(F)F. The van der Waals surface area contributed by atoms with Crippen LogP contribution in [0.4, 0.5) is 13.2 Å². The highest BCUT2D eigenvalue weighted by molar-refractivity contribution is 7.86. The Morgan fingerprint density at radius 3 is 2.06 bits per heavy atom. The molecule has 0 aromatic heterocycles. The molecule has 1 rings (SSSR count). The van der Waals surface area contributed by atoms with Gasteiger partial charge in [-0.1, -0.05) is 6.92 Å². The highest BCUT2D eigenvalue weighted by atomic mass is 32.2. The maximum Gasteiger partial charge on any atom is 0.485 e. The summed E-state index contributed by atoms with van der Waals surface area (Å²) in [6.07, 6.45) is 3.39. The van der Waals surface area contributed by atoms with E-state index in [0.717, 1.165) is 5.70 Å². The normalized spacial score (nSPS) is 19.8. The molecule has 0 aromatic carbocycles. The van der Waals surface area contributed by atoms with Crippen LogP contribution in [0.3, 0.4) is 0 Å². The molecule has 0 bridgehead atoms. The molecule has 0 saturated heterocycles. The molecule has 0 saturated carbocycles. The molecular formula is C9H15F3N2O3S. The van der Waals surface area contributed by atoms with Crippen LogP contribution in [0.1, 0.15) is 27.2 Å². The number of quaternary nitrogens is 1. The third kappa shape index (κ3) is 5.61. The van der Waals surface area contributed by atoms with E-state index in [2.05, 4.69) is 25.0 Å². The summed E-state index contributed by atoms with van der Waals surface area (Å²) >= 11 is 0. The average Bonchev–Trinajstić information content (AvgIpc) is 2.43. The smallest absolute Gasteiger partial charge is 0.485 e. The molecule has 0 aliphatic carbocycles. The predicted molar refractivity (Wildman–Crippen MR) is 58.7 cm³/mol. The Morgan fingerprint density at radius 1 is 1.39 bits per heavy atom. The molecular weight excluding hydrogens is 273 g/mol. The van der Waals surface area contributed by atoms with E-state index in [1.54, 1.807) is 0 Å². The van der Waals surface area contributed by atoms with Crippen LogP contribution in [0, 0.1) is 0 Å². The Kier molecular flexibility index (Phi) is 5.97. The number of rotatable bonds is 2. The number of nitrogens with zero attached hydrogens (tertiary/aromatic N) is 1. The monoisotopic (exact) mass is 288 g/mol. The first-order chi connectivity index (χ1) is 7.99. The Morgan fingerprint density at radius 2 is 1.83 bits per heavy atom. The lowest BCUT2D eigenvalue weighted by Crippen LogP contribution is -3.08. The molecule has 0 spiro atoms. The van der Waals surface area contributed by atoms with Gasteiger partial charge in [-0.3, -0.25) is 4.90 Å². The third-order valence-corrected chi connectivity index (χ3v) is 2.56. The molecule has 1 aliphatic heterocycles. The number of amidine groups is 1. The number of hydrogen-bond acceptors (Lipinski definition) is 4. The Labute approximate surface area is 104 Å². The van der Waals surface area contributed by atoms with Crippen LogP contribution in [-0.4, -0.2) is 30.9 Å².